The van der Waals surface area contributed by atoms with E-state index in [4.69, 9.17) is 4.74 Å². The molecule has 0 radical (unpaired) electrons. The minimum atomic E-state index is -0.378. The number of fused-ring (bicyclic) bond motifs is 1. The van der Waals surface area contributed by atoms with Crippen molar-refractivity contribution in [2.24, 2.45) is 4.99 Å². The van der Waals surface area contributed by atoms with Crippen LogP contribution in [-0.4, -0.2) is 31.8 Å². The highest BCUT2D eigenvalue weighted by Gasteiger charge is 2.20. The Morgan fingerprint density at radius 2 is 1.96 bits per heavy atom. The second-order valence-corrected chi connectivity index (χ2v) is 6.02. The molecule has 0 saturated heterocycles. The van der Waals surface area contributed by atoms with Crippen LogP contribution in [0.25, 0.3) is 0 Å². The normalized spacial score (nSPS) is 15.2. The molecule has 0 saturated carbocycles. The predicted octanol–water partition coefficient (Wildman–Crippen LogP) is 3.87. The number of rotatable bonds is 2. The third-order valence-electron chi connectivity index (χ3n) is 3.54. The molecule has 0 aliphatic carbocycles. The molecule has 0 fully saturated rings. The number of thioether (sulfide) groups is 1. The minimum Gasteiger partial charge on any atom is -0.497 e. The van der Waals surface area contributed by atoms with Gasteiger partial charge in [0.1, 0.15) is 11.6 Å². The first kappa shape index (κ1) is 15.4. The standard InChI is InChI=1S/C17H17N3O2S/c1-20-14-5-3-4-6-15(14)23-11-16(20)19-17(21)18-12-7-9-13(22-2)10-8-12/h3-10H,11H2,1-2H3,(H,18,21)/b19-16+. The van der Waals surface area contributed by atoms with Gasteiger partial charge in [-0.15, -0.1) is 11.8 Å². The van der Waals surface area contributed by atoms with Gasteiger partial charge in [0, 0.05) is 17.6 Å². The highest BCUT2D eigenvalue weighted by Crippen LogP contribution is 2.34. The number of amides is 2. The maximum Gasteiger partial charge on any atom is 0.347 e. The maximum absolute atomic E-state index is 12.1. The molecule has 1 aliphatic rings. The molecule has 6 heteroatoms. The third-order valence-corrected chi connectivity index (χ3v) is 4.60. The molecule has 0 spiro atoms. The molecule has 2 aromatic rings. The summed E-state index contributed by atoms with van der Waals surface area (Å²) in [6.07, 6.45) is 0. The number of para-hydroxylation sites is 1. The summed E-state index contributed by atoms with van der Waals surface area (Å²) in [4.78, 5) is 19.5. The van der Waals surface area contributed by atoms with Crippen LogP contribution in [-0.2, 0) is 0 Å². The zero-order chi connectivity index (χ0) is 16.2. The number of amidine groups is 1. The van der Waals surface area contributed by atoms with Crippen molar-refractivity contribution in [3.63, 3.8) is 0 Å². The van der Waals surface area contributed by atoms with Gasteiger partial charge < -0.3 is 15.0 Å². The smallest absolute Gasteiger partial charge is 0.347 e. The van der Waals surface area contributed by atoms with E-state index >= 15 is 0 Å². The monoisotopic (exact) mass is 327 g/mol. The molecular weight excluding hydrogens is 310 g/mol. The van der Waals surface area contributed by atoms with Crippen molar-refractivity contribution >= 4 is 35.0 Å². The first-order valence-electron chi connectivity index (χ1n) is 7.15. The van der Waals surface area contributed by atoms with Gasteiger partial charge in [0.05, 0.1) is 18.6 Å². The maximum atomic E-state index is 12.1. The van der Waals surface area contributed by atoms with E-state index < -0.39 is 0 Å². The molecular formula is C17H17N3O2S. The van der Waals surface area contributed by atoms with Crippen LogP contribution in [0, 0.1) is 0 Å². The van der Waals surface area contributed by atoms with Crippen molar-refractivity contribution in [3.8, 4) is 5.75 Å². The summed E-state index contributed by atoms with van der Waals surface area (Å²) in [5, 5.41) is 2.77. The van der Waals surface area contributed by atoms with Gasteiger partial charge in [0.2, 0.25) is 0 Å². The quantitative estimate of drug-likeness (QED) is 0.910. The molecule has 5 nitrogen and oxygen atoms in total. The number of ether oxygens (including phenoxy) is 1. The van der Waals surface area contributed by atoms with Crippen LogP contribution < -0.4 is 15.0 Å². The highest BCUT2D eigenvalue weighted by molar-refractivity contribution is 8.00. The molecule has 118 valence electrons. The first-order valence-corrected chi connectivity index (χ1v) is 8.14. The number of carbonyl (C=O) groups is 1. The molecule has 2 aromatic carbocycles. The van der Waals surface area contributed by atoms with Gasteiger partial charge in [-0.2, -0.15) is 4.99 Å². The summed E-state index contributed by atoms with van der Waals surface area (Å²) in [6.45, 7) is 0. The average molecular weight is 327 g/mol. The number of anilines is 2. The lowest BCUT2D eigenvalue weighted by atomic mass is 10.3. The fourth-order valence-electron chi connectivity index (χ4n) is 2.28. The molecule has 0 unspecified atom stereocenters. The number of benzene rings is 2. The Morgan fingerprint density at radius 1 is 1.22 bits per heavy atom. The van der Waals surface area contributed by atoms with Gasteiger partial charge in [0.25, 0.3) is 0 Å². The first-order chi connectivity index (χ1) is 11.2. The van der Waals surface area contributed by atoms with E-state index in [-0.39, 0.29) is 6.03 Å². The molecule has 1 N–H and O–H groups in total. The van der Waals surface area contributed by atoms with Gasteiger partial charge in [-0.1, -0.05) is 12.1 Å². The van der Waals surface area contributed by atoms with Crippen molar-refractivity contribution in [1.82, 2.24) is 0 Å². The lowest BCUT2D eigenvalue weighted by Gasteiger charge is -2.28. The summed E-state index contributed by atoms with van der Waals surface area (Å²) in [5.74, 6) is 2.15. The van der Waals surface area contributed by atoms with Crippen molar-refractivity contribution in [2.45, 2.75) is 4.90 Å². The fraction of sp³-hybridized carbons (Fsp3) is 0.176. The number of nitrogens with zero attached hydrogens (tertiary/aromatic N) is 2. The number of methoxy groups -OCH3 is 1. The Kier molecular flexibility index (Phi) is 4.52. The SMILES string of the molecule is COc1ccc(NC(=O)/N=C2\CSc3ccccc3N2C)cc1. The van der Waals surface area contributed by atoms with Crippen molar-refractivity contribution < 1.29 is 9.53 Å². The van der Waals surface area contributed by atoms with Crippen LogP contribution in [0.1, 0.15) is 0 Å². The number of urea groups is 1. The number of hydrogen-bond acceptors (Lipinski definition) is 3. The van der Waals surface area contributed by atoms with E-state index in [1.54, 1.807) is 43.1 Å². The minimum absolute atomic E-state index is 0.378. The van der Waals surface area contributed by atoms with E-state index in [0.29, 0.717) is 11.4 Å². The van der Waals surface area contributed by atoms with Crippen LogP contribution in [0.5, 0.6) is 5.75 Å². The molecule has 0 aromatic heterocycles. The lowest BCUT2D eigenvalue weighted by molar-refractivity contribution is 0.259. The van der Waals surface area contributed by atoms with E-state index in [1.807, 2.05) is 30.1 Å². The Bertz CT molecular complexity index is 744. The summed E-state index contributed by atoms with van der Waals surface area (Å²) in [6, 6.07) is 14.9. The zero-order valence-electron chi connectivity index (χ0n) is 12.9. The fourth-order valence-corrected chi connectivity index (χ4v) is 3.36. The lowest BCUT2D eigenvalue weighted by Crippen LogP contribution is -2.33. The van der Waals surface area contributed by atoms with E-state index in [1.165, 1.54) is 4.90 Å². The number of carbonyl (C=O) groups excluding carboxylic acids is 1. The molecule has 3 rings (SSSR count). The summed E-state index contributed by atoms with van der Waals surface area (Å²) >= 11 is 1.68. The third kappa shape index (κ3) is 3.48. The molecule has 0 bridgehead atoms. The van der Waals surface area contributed by atoms with Gasteiger partial charge in [-0.05, 0) is 36.4 Å². The molecule has 2 amide bonds. The highest BCUT2D eigenvalue weighted by atomic mass is 32.2. The average Bonchev–Trinajstić information content (AvgIpc) is 2.58. The van der Waals surface area contributed by atoms with Crippen molar-refractivity contribution in [1.29, 1.82) is 0 Å². The second kappa shape index (κ2) is 6.75. The van der Waals surface area contributed by atoms with Gasteiger partial charge in [0.15, 0.2) is 0 Å². The molecule has 1 heterocycles. The van der Waals surface area contributed by atoms with E-state index in [9.17, 15) is 4.79 Å². The van der Waals surface area contributed by atoms with Crippen LogP contribution >= 0.6 is 11.8 Å². The Balaban J connectivity index is 1.72. The Morgan fingerprint density at radius 3 is 2.70 bits per heavy atom. The van der Waals surface area contributed by atoms with Crippen molar-refractivity contribution in [3.05, 3.63) is 48.5 Å². The largest absolute Gasteiger partial charge is 0.497 e. The van der Waals surface area contributed by atoms with E-state index in [2.05, 4.69) is 16.4 Å². The van der Waals surface area contributed by atoms with Crippen LogP contribution in [0.4, 0.5) is 16.2 Å². The molecule has 1 aliphatic heterocycles. The van der Waals surface area contributed by atoms with Gasteiger partial charge >= 0.3 is 6.03 Å². The Labute approximate surface area is 139 Å². The second-order valence-electron chi connectivity index (χ2n) is 5.00. The van der Waals surface area contributed by atoms with Crippen LogP contribution in [0.3, 0.4) is 0 Å². The topological polar surface area (TPSA) is 53.9 Å². The van der Waals surface area contributed by atoms with Crippen LogP contribution in [0.2, 0.25) is 0 Å². The van der Waals surface area contributed by atoms with Crippen LogP contribution in [0.15, 0.2) is 58.4 Å². The van der Waals surface area contributed by atoms with Gasteiger partial charge in [-0.25, -0.2) is 4.79 Å². The summed E-state index contributed by atoms with van der Waals surface area (Å²) < 4.78 is 5.09. The van der Waals surface area contributed by atoms with Gasteiger partial charge in [-0.3, -0.25) is 0 Å². The summed E-state index contributed by atoms with van der Waals surface area (Å²) in [5.41, 5.74) is 1.76. The number of hydrogen-bond donors (Lipinski definition) is 1. The number of nitrogens with one attached hydrogen (secondary N) is 1. The molecule has 23 heavy (non-hydrogen) atoms. The predicted molar refractivity (Wildman–Crippen MR) is 95.0 cm³/mol. The van der Waals surface area contributed by atoms with E-state index in [0.717, 1.165) is 17.3 Å². The van der Waals surface area contributed by atoms with Crippen molar-refractivity contribution in [2.75, 3.05) is 30.1 Å². The molecule has 0 atom stereocenters. The zero-order valence-corrected chi connectivity index (χ0v) is 13.8. The summed E-state index contributed by atoms with van der Waals surface area (Å²) in [7, 11) is 3.53. The Hall–Kier alpha value is -2.47. The number of aliphatic imine (C=N–C) groups is 1.